The van der Waals surface area contributed by atoms with Gasteiger partial charge in [0.1, 0.15) is 43.2 Å². The summed E-state index contributed by atoms with van der Waals surface area (Å²) < 4.78 is 29.5. The van der Waals surface area contributed by atoms with E-state index in [0.29, 0.717) is 29.7 Å². The normalized spacial score (nSPS) is 30.5. The predicted molar refractivity (Wildman–Crippen MR) is 194 cm³/mol. The number of carbonyl (C=O) groups is 2. The molecule has 11 N–H and O–H groups in total. The van der Waals surface area contributed by atoms with Gasteiger partial charge in [0.15, 0.2) is 18.4 Å². The zero-order chi connectivity index (χ0) is 40.3. The molecular weight excluding hydrogens is 724 g/mol. The van der Waals surface area contributed by atoms with Crippen molar-refractivity contribution in [2.45, 2.75) is 101 Å². The van der Waals surface area contributed by atoms with Crippen molar-refractivity contribution in [2.24, 2.45) is 22.6 Å². The number of nitrogens with zero attached hydrogens (tertiary/aromatic N) is 1. The zero-order valence-corrected chi connectivity index (χ0v) is 31.3. The summed E-state index contributed by atoms with van der Waals surface area (Å²) in [6, 6.07) is 0. The van der Waals surface area contributed by atoms with Crippen molar-refractivity contribution in [1.29, 1.82) is 0 Å². The molecule has 18 nitrogen and oxygen atoms in total. The standard InChI is InChI=1S/C37H56N4O14/c1-4-24-25(12-11-22-17-41(14-16-43)18-26(32(46)47)29(22)40-36(38)39-13-8-15-42)27(33(48)53-23-9-6-5-7-10-23)20-51-34(24)55-35-31(52-21(2)3)37(49,50)30(45)28(19-44)54-35/h4,11-12,18,20-21,23-25,28,30-31,34-35,42-45,49-50H,1,5-10,13-17,19H2,2-3H3,(H,46,47)(H3,38,39,40)/p+1. The van der Waals surface area contributed by atoms with Crippen molar-refractivity contribution in [3.8, 4) is 0 Å². The number of nitrogens with one attached hydrogen (secondary N) is 2. The summed E-state index contributed by atoms with van der Waals surface area (Å²) >= 11 is 0. The van der Waals surface area contributed by atoms with Crippen LogP contribution in [0.3, 0.4) is 0 Å². The average molecular weight is 782 g/mol. The lowest BCUT2D eigenvalue weighted by Gasteiger charge is -2.48. The van der Waals surface area contributed by atoms with Crippen molar-refractivity contribution in [3.05, 3.63) is 59.7 Å². The minimum absolute atomic E-state index is 0.0898. The van der Waals surface area contributed by atoms with E-state index < -0.39 is 73.2 Å². The van der Waals surface area contributed by atoms with Gasteiger partial charge >= 0.3 is 11.9 Å². The molecule has 1 saturated carbocycles. The molecule has 18 heteroatoms. The summed E-state index contributed by atoms with van der Waals surface area (Å²) in [4.78, 5) is 31.1. The van der Waals surface area contributed by atoms with Crippen molar-refractivity contribution in [2.75, 3.05) is 39.5 Å². The summed E-state index contributed by atoms with van der Waals surface area (Å²) in [5.41, 5.74) is 6.63. The van der Waals surface area contributed by atoms with E-state index in [1.807, 2.05) is 0 Å². The van der Waals surface area contributed by atoms with Crippen molar-refractivity contribution < 1.29 is 73.9 Å². The smallest absolute Gasteiger partial charge is 0.343 e. The van der Waals surface area contributed by atoms with Gasteiger partial charge in [-0.15, -0.1) is 6.58 Å². The van der Waals surface area contributed by atoms with E-state index in [-0.39, 0.29) is 61.8 Å². The van der Waals surface area contributed by atoms with E-state index in [4.69, 9.17) is 34.5 Å². The van der Waals surface area contributed by atoms with Crippen LogP contribution in [0, 0.1) is 11.8 Å². The quantitative estimate of drug-likeness (QED) is 0.0192. The van der Waals surface area contributed by atoms with Gasteiger partial charge in [-0.2, -0.15) is 0 Å². The first kappa shape index (κ1) is 44.0. The molecule has 3 heterocycles. The Bertz CT molecular complexity index is 1490. The Morgan fingerprint density at radius 1 is 1.16 bits per heavy atom. The molecule has 308 valence electrons. The summed E-state index contributed by atoms with van der Waals surface area (Å²) in [5, 5.41) is 74.3. The lowest BCUT2D eigenvalue weighted by molar-refractivity contribution is -0.843. The highest BCUT2D eigenvalue weighted by Crippen LogP contribution is 2.39. The number of aliphatic hydroxyl groups is 6. The van der Waals surface area contributed by atoms with Gasteiger partial charge in [0, 0.05) is 24.6 Å². The number of carboxylic acids is 1. The molecule has 1 aliphatic carbocycles. The van der Waals surface area contributed by atoms with Gasteiger partial charge < -0.3 is 75.4 Å². The van der Waals surface area contributed by atoms with Crippen LogP contribution < -0.4 is 16.0 Å². The number of hydrogen-bond donors (Lipinski definition) is 10. The second kappa shape index (κ2) is 20.5. The average Bonchev–Trinajstić information content (AvgIpc) is 3.14. The fourth-order valence-electron chi connectivity index (χ4n) is 6.94. The van der Waals surface area contributed by atoms with Gasteiger partial charge in [0.05, 0.1) is 42.8 Å². The number of carboxylic acid groups (broad SMARTS) is 1. The van der Waals surface area contributed by atoms with Crippen LogP contribution in [0.4, 0.5) is 0 Å². The van der Waals surface area contributed by atoms with Gasteiger partial charge in [0.2, 0.25) is 12.1 Å². The molecule has 4 rings (SSSR count). The highest BCUT2D eigenvalue weighted by Gasteiger charge is 2.57. The lowest BCUT2D eigenvalue weighted by atomic mass is 9.83. The molecule has 0 radical (unpaired) electrons. The first-order valence-corrected chi connectivity index (χ1v) is 18.6. The van der Waals surface area contributed by atoms with E-state index in [9.17, 15) is 40.2 Å². The zero-order valence-electron chi connectivity index (χ0n) is 31.3. The summed E-state index contributed by atoms with van der Waals surface area (Å²) in [5.74, 6) is -6.71. The van der Waals surface area contributed by atoms with E-state index in [1.165, 1.54) is 18.5 Å². The van der Waals surface area contributed by atoms with Crippen LogP contribution in [0.15, 0.2) is 64.7 Å². The van der Waals surface area contributed by atoms with Gasteiger partial charge in [-0.25, -0.2) is 9.59 Å². The molecule has 0 bridgehead atoms. The molecule has 0 aromatic carbocycles. The second-order valence-electron chi connectivity index (χ2n) is 14.2. The van der Waals surface area contributed by atoms with E-state index in [2.05, 4.69) is 16.9 Å². The van der Waals surface area contributed by atoms with Crippen LogP contribution in [0.25, 0.3) is 0 Å². The number of aliphatic hydroxyl groups excluding tert-OH is 4. The number of hydrogen-bond acceptors (Lipinski definition) is 14. The van der Waals surface area contributed by atoms with Crippen LogP contribution in [-0.4, -0.2) is 142 Å². The summed E-state index contributed by atoms with van der Waals surface area (Å²) in [6.07, 6.45) is 3.02. The molecule has 1 saturated heterocycles. The van der Waals surface area contributed by atoms with Gasteiger partial charge in [-0.05, 0) is 46.0 Å². The Morgan fingerprint density at radius 2 is 1.89 bits per heavy atom. The number of quaternary nitrogens is 1. The molecule has 3 aliphatic heterocycles. The van der Waals surface area contributed by atoms with Crippen LogP contribution >= 0.6 is 0 Å². The van der Waals surface area contributed by atoms with Gasteiger partial charge in [0.25, 0.3) is 0 Å². The molecular formula is C37H57N4O14+. The van der Waals surface area contributed by atoms with Gasteiger partial charge in [-0.3, -0.25) is 4.99 Å². The topological polar surface area (TPSA) is 277 Å². The Morgan fingerprint density at radius 3 is 2.51 bits per heavy atom. The molecule has 55 heavy (non-hydrogen) atoms. The fourth-order valence-corrected chi connectivity index (χ4v) is 6.94. The molecule has 0 aromatic rings. The third-order valence-corrected chi connectivity index (χ3v) is 9.76. The Labute approximate surface area is 319 Å². The second-order valence-corrected chi connectivity index (χ2v) is 14.2. The number of esters is 1. The number of allylic oxidation sites excluding steroid dienone is 1. The van der Waals surface area contributed by atoms with Crippen LogP contribution in [0.2, 0.25) is 0 Å². The summed E-state index contributed by atoms with van der Waals surface area (Å²) in [6.45, 7) is 6.64. The summed E-state index contributed by atoms with van der Waals surface area (Å²) in [7, 11) is 0. The Hall–Kier alpha value is -3.69. The van der Waals surface area contributed by atoms with Gasteiger partial charge in [-0.1, -0.05) is 24.6 Å². The Kier molecular flexibility index (Phi) is 16.4. The van der Waals surface area contributed by atoms with Crippen molar-refractivity contribution in [3.63, 3.8) is 0 Å². The molecule has 2 fully saturated rings. The number of ether oxygens (including phenoxy) is 5. The fraction of sp³-hybridized carbons (Fsp3) is 0.649. The molecule has 4 aliphatic rings. The highest BCUT2D eigenvalue weighted by molar-refractivity contribution is 5.94. The van der Waals surface area contributed by atoms with Crippen LogP contribution in [0.5, 0.6) is 0 Å². The molecule has 0 amide bonds. The first-order chi connectivity index (χ1) is 26.2. The maximum atomic E-state index is 13.8. The monoisotopic (exact) mass is 781 g/mol. The molecule has 8 atom stereocenters. The number of aliphatic imine (C=N–C) groups is 1. The Balaban J connectivity index is 1.77. The third-order valence-electron chi connectivity index (χ3n) is 9.76. The molecule has 0 aromatic heterocycles. The SMILES string of the molecule is C=CC1C(OC2OC(CO)C(O)C(O)(O)C2OC(C)C)OC=C(C(=O)OC2CCCCC2)C1C=CC1=C(NC(N)=NCCCO)C(C(=O)O)=C[NH+](CCO)C1. The maximum absolute atomic E-state index is 13.8. The predicted octanol–water partition coefficient (Wildman–Crippen LogP) is -1.95. The van der Waals surface area contributed by atoms with E-state index in [1.54, 1.807) is 26.0 Å². The largest absolute Gasteiger partial charge is 0.477 e. The van der Waals surface area contributed by atoms with Crippen molar-refractivity contribution >= 4 is 17.9 Å². The number of carbonyl (C=O) groups excluding carboxylic acids is 1. The first-order valence-electron chi connectivity index (χ1n) is 18.6. The van der Waals surface area contributed by atoms with Crippen LogP contribution in [-0.2, 0) is 33.3 Å². The highest BCUT2D eigenvalue weighted by atomic mass is 16.8. The number of guanidine groups is 1. The maximum Gasteiger partial charge on any atom is 0.343 e. The van der Waals surface area contributed by atoms with Crippen LogP contribution in [0.1, 0.15) is 52.4 Å². The number of rotatable bonds is 17. The molecule has 0 spiro atoms. The van der Waals surface area contributed by atoms with E-state index in [0.717, 1.165) is 19.3 Å². The minimum atomic E-state index is -2.92. The third kappa shape index (κ3) is 11.2. The minimum Gasteiger partial charge on any atom is -0.477 e. The van der Waals surface area contributed by atoms with Crippen molar-refractivity contribution in [1.82, 2.24) is 5.32 Å². The number of aliphatic carboxylic acids is 1. The van der Waals surface area contributed by atoms with E-state index >= 15 is 0 Å². The molecule has 8 unspecified atom stereocenters. The number of nitrogens with two attached hydrogens (primary N) is 1. The lowest BCUT2D eigenvalue weighted by Crippen LogP contribution is -3.09.